The van der Waals surface area contributed by atoms with E-state index >= 15 is 0 Å². The standard InChI is InChI=1S/C4H5N2O4P/c5-1-4(2-6)3-10-11(7,8)9/h4H,3H2,(H2,7,8,9). The van der Waals surface area contributed by atoms with Gasteiger partial charge < -0.3 is 9.79 Å². The molecule has 0 unspecified atom stereocenters. The van der Waals surface area contributed by atoms with Gasteiger partial charge in [0.25, 0.3) is 0 Å². The molecule has 0 rings (SSSR count). The van der Waals surface area contributed by atoms with Gasteiger partial charge in [-0.2, -0.15) is 10.5 Å². The zero-order valence-corrected chi connectivity index (χ0v) is 6.23. The van der Waals surface area contributed by atoms with Gasteiger partial charge in [-0.1, -0.05) is 0 Å². The fourth-order valence-electron chi connectivity index (χ4n) is 0.275. The summed E-state index contributed by atoms with van der Waals surface area (Å²) in [6, 6.07) is 2.99. The van der Waals surface area contributed by atoms with Crippen LogP contribution in [0.4, 0.5) is 0 Å². The lowest BCUT2D eigenvalue weighted by Crippen LogP contribution is -2.03. The van der Waals surface area contributed by atoms with E-state index in [4.69, 9.17) is 20.3 Å². The maximum Gasteiger partial charge on any atom is 0.469 e. The molecule has 0 radical (unpaired) electrons. The van der Waals surface area contributed by atoms with Gasteiger partial charge in [0.05, 0.1) is 18.7 Å². The highest BCUT2D eigenvalue weighted by molar-refractivity contribution is 7.46. The van der Waals surface area contributed by atoms with Crippen LogP contribution in [0.3, 0.4) is 0 Å². The predicted octanol–water partition coefficient (Wildman–Crippen LogP) is -0.241. The molecule has 0 atom stereocenters. The highest BCUT2D eigenvalue weighted by Gasteiger charge is 2.17. The van der Waals surface area contributed by atoms with Crippen LogP contribution >= 0.6 is 7.82 Å². The minimum absolute atomic E-state index is 0.572. The van der Waals surface area contributed by atoms with Crippen molar-refractivity contribution in [2.24, 2.45) is 5.92 Å². The molecule has 0 aromatic rings. The Balaban J connectivity index is 3.83. The number of hydrogen-bond donors (Lipinski definition) is 2. The van der Waals surface area contributed by atoms with Crippen LogP contribution in [0.2, 0.25) is 0 Å². The molecule has 0 fully saturated rings. The molecule has 0 aliphatic carbocycles. The van der Waals surface area contributed by atoms with E-state index in [1.165, 1.54) is 12.1 Å². The molecule has 0 bridgehead atoms. The fourth-order valence-corrected chi connectivity index (χ4v) is 0.618. The van der Waals surface area contributed by atoms with Crippen LogP contribution in [-0.2, 0) is 9.09 Å². The monoisotopic (exact) mass is 176 g/mol. The van der Waals surface area contributed by atoms with Crippen LogP contribution in [0, 0.1) is 28.6 Å². The average Bonchev–Trinajstić information content (AvgIpc) is 1.88. The van der Waals surface area contributed by atoms with Crippen LogP contribution in [-0.4, -0.2) is 16.4 Å². The first-order chi connectivity index (χ1) is 4.99. The number of hydrogen-bond acceptors (Lipinski definition) is 4. The quantitative estimate of drug-likeness (QED) is 0.573. The lowest BCUT2D eigenvalue weighted by molar-refractivity contribution is 0.191. The molecular formula is C4H5N2O4P. The topological polar surface area (TPSA) is 114 Å². The van der Waals surface area contributed by atoms with Gasteiger partial charge in [0.1, 0.15) is 0 Å². The Morgan fingerprint density at radius 2 is 1.91 bits per heavy atom. The van der Waals surface area contributed by atoms with Gasteiger partial charge in [0.15, 0.2) is 5.92 Å². The van der Waals surface area contributed by atoms with Crippen LogP contribution in [0.25, 0.3) is 0 Å². The molecule has 0 saturated heterocycles. The highest BCUT2D eigenvalue weighted by atomic mass is 31.2. The third-order valence-corrected chi connectivity index (χ3v) is 1.21. The molecule has 0 heterocycles. The summed E-state index contributed by atoms with van der Waals surface area (Å²) in [6.45, 7) is -0.572. The van der Waals surface area contributed by atoms with Crippen molar-refractivity contribution in [3.63, 3.8) is 0 Å². The third-order valence-electron chi connectivity index (χ3n) is 0.721. The number of nitrogens with zero attached hydrogens (tertiary/aromatic N) is 2. The lowest BCUT2D eigenvalue weighted by atomic mass is 10.2. The van der Waals surface area contributed by atoms with Crippen molar-refractivity contribution in [2.75, 3.05) is 6.61 Å². The summed E-state index contributed by atoms with van der Waals surface area (Å²) in [7, 11) is -4.55. The minimum atomic E-state index is -4.55. The zero-order valence-electron chi connectivity index (χ0n) is 5.34. The van der Waals surface area contributed by atoms with E-state index in [-0.39, 0.29) is 0 Å². The first kappa shape index (κ1) is 10.1. The van der Waals surface area contributed by atoms with Gasteiger partial charge in [0.2, 0.25) is 0 Å². The van der Waals surface area contributed by atoms with E-state index in [2.05, 4.69) is 4.52 Å². The van der Waals surface area contributed by atoms with Crippen LogP contribution in [0.15, 0.2) is 0 Å². The van der Waals surface area contributed by atoms with Crippen molar-refractivity contribution < 1.29 is 18.9 Å². The van der Waals surface area contributed by atoms with E-state index in [1.807, 2.05) is 0 Å². The van der Waals surface area contributed by atoms with Crippen LogP contribution in [0.1, 0.15) is 0 Å². The maximum atomic E-state index is 10.0. The molecule has 0 aromatic heterocycles. The fraction of sp³-hybridized carbons (Fsp3) is 0.500. The van der Waals surface area contributed by atoms with Gasteiger partial charge in [-0.15, -0.1) is 0 Å². The van der Waals surface area contributed by atoms with Crippen molar-refractivity contribution in [3.8, 4) is 12.1 Å². The van der Waals surface area contributed by atoms with Gasteiger partial charge >= 0.3 is 7.82 Å². The first-order valence-corrected chi connectivity index (χ1v) is 4.02. The van der Waals surface area contributed by atoms with Crippen molar-refractivity contribution in [2.45, 2.75) is 0 Å². The van der Waals surface area contributed by atoms with E-state index in [0.29, 0.717) is 0 Å². The van der Waals surface area contributed by atoms with Crippen molar-refractivity contribution in [1.29, 1.82) is 10.5 Å². The molecule has 0 spiro atoms. The third kappa shape index (κ3) is 5.53. The normalized spacial score (nSPS) is 10.6. The Hall–Kier alpha value is -0.910. The maximum absolute atomic E-state index is 10.0. The second-order valence-corrected chi connectivity index (χ2v) is 2.84. The number of phosphoric acid groups is 1. The number of phosphoric ester groups is 1. The van der Waals surface area contributed by atoms with Gasteiger partial charge in [-0.25, -0.2) is 4.57 Å². The predicted molar refractivity (Wildman–Crippen MR) is 32.7 cm³/mol. The van der Waals surface area contributed by atoms with Gasteiger partial charge in [-0.05, 0) is 0 Å². The summed E-state index contributed by atoms with van der Waals surface area (Å²) in [5.41, 5.74) is 0. The Morgan fingerprint density at radius 1 is 1.45 bits per heavy atom. The molecule has 6 nitrogen and oxygen atoms in total. The average molecular weight is 176 g/mol. The minimum Gasteiger partial charge on any atom is -0.303 e. The Kier molecular flexibility index (Phi) is 3.73. The summed E-state index contributed by atoms with van der Waals surface area (Å²) >= 11 is 0. The van der Waals surface area contributed by atoms with E-state index in [9.17, 15) is 4.57 Å². The smallest absolute Gasteiger partial charge is 0.303 e. The second kappa shape index (κ2) is 4.07. The second-order valence-electron chi connectivity index (χ2n) is 1.60. The van der Waals surface area contributed by atoms with Crippen LogP contribution < -0.4 is 0 Å². The Labute approximate surface area is 62.9 Å². The largest absolute Gasteiger partial charge is 0.469 e. The van der Waals surface area contributed by atoms with E-state index in [0.717, 1.165) is 0 Å². The van der Waals surface area contributed by atoms with E-state index < -0.39 is 20.3 Å². The lowest BCUT2D eigenvalue weighted by Gasteiger charge is -2.03. The summed E-state index contributed by atoms with van der Waals surface area (Å²) in [5.74, 6) is -1.14. The molecule has 0 aliphatic heterocycles. The first-order valence-electron chi connectivity index (χ1n) is 2.49. The SMILES string of the molecule is N#CC(C#N)COP(=O)(O)O. The summed E-state index contributed by atoms with van der Waals surface area (Å²) in [4.78, 5) is 16.3. The highest BCUT2D eigenvalue weighted by Crippen LogP contribution is 2.35. The van der Waals surface area contributed by atoms with Crippen molar-refractivity contribution >= 4 is 7.82 Å². The van der Waals surface area contributed by atoms with Gasteiger partial charge in [0, 0.05) is 0 Å². The molecule has 11 heavy (non-hydrogen) atoms. The molecule has 60 valence electrons. The molecule has 2 N–H and O–H groups in total. The molecular weight excluding hydrogens is 171 g/mol. The van der Waals surface area contributed by atoms with Crippen molar-refractivity contribution in [1.82, 2.24) is 0 Å². The number of nitriles is 2. The number of rotatable bonds is 3. The Morgan fingerprint density at radius 3 is 2.18 bits per heavy atom. The molecule has 0 aliphatic rings. The molecule has 0 saturated carbocycles. The molecule has 7 heteroatoms. The summed E-state index contributed by atoms with van der Waals surface area (Å²) in [6.07, 6.45) is 0. The molecule has 0 amide bonds. The van der Waals surface area contributed by atoms with Gasteiger partial charge in [-0.3, -0.25) is 4.52 Å². The zero-order chi connectivity index (χ0) is 8.91. The van der Waals surface area contributed by atoms with Crippen LogP contribution in [0.5, 0.6) is 0 Å². The summed E-state index contributed by atoms with van der Waals surface area (Å²) < 4.78 is 13.9. The van der Waals surface area contributed by atoms with Crippen molar-refractivity contribution in [3.05, 3.63) is 0 Å². The molecule has 0 aromatic carbocycles. The van der Waals surface area contributed by atoms with E-state index in [1.54, 1.807) is 0 Å². The Bertz CT molecular complexity index is 232. The summed E-state index contributed by atoms with van der Waals surface area (Å²) in [5, 5.41) is 16.2.